The van der Waals surface area contributed by atoms with Gasteiger partial charge >= 0.3 is 5.97 Å². The molecule has 0 aliphatic carbocycles. The molecule has 0 bridgehead atoms. The van der Waals surface area contributed by atoms with Crippen LogP contribution in [0.2, 0.25) is 0 Å². The summed E-state index contributed by atoms with van der Waals surface area (Å²) in [5.74, 6) is -0.276. The number of sulfonamides is 1. The Morgan fingerprint density at radius 2 is 2.10 bits per heavy atom. The van der Waals surface area contributed by atoms with E-state index < -0.39 is 15.9 Å². The third-order valence-electron chi connectivity index (χ3n) is 3.60. The van der Waals surface area contributed by atoms with Crippen molar-refractivity contribution in [2.75, 3.05) is 27.3 Å². The summed E-state index contributed by atoms with van der Waals surface area (Å²) in [7, 11) is -0.820. The molecule has 1 atom stereocenters. The molecule has 1 saturated heterocycles. The van der Waals surface area contributed by atoms with Crippen LogP contribution >= 0.6 is 0 Å². The fraction of sp³-hybridized carbons (Fsp3) is 0.500. The predicted molar refractivity (Wildman–Crippen MR) is 76.5 cm³/mol. The highest BCUT2D eigenvalue weighted by Gasteiger charge is 2.33. The summed E-state index contributed by atoms with van der Waals surface area (Å²) < 4.78 is 36.4. The number of hydrogen-bond acceptors (Lipinski definition) is 5. The van der Waals surface area contributed by atoms with Gasteiger partial charge in [0.25, 0.3) is 0 Å². The lowest BCUT2D eigenvalue weighted by Gasteiger charge is -2.30. The zero-order valence-electron chi connectivity index (χ0n) is 12.1. The van der Waals surface area contributed by atoms with Crippen molar-refractivity contribution in [3.05, 3.63) is 24.3 Å². The molecule has 1 aliphatic heterocycles. The molecule has 21 heavy (non-hydrogen) atoms. The summed E-state index contributed by atoms with van der Waals surface area (Å²) in [4.78, 5) is 11.8. The second-order valence-corrected chi connectivity index (χ2v) is 6.84. The minimum absolute atomic E-state index is 0.159. The Hall–Kier alpha value is -1.60. The molecule has 0 aromatic heterocycles. The lowest BCUT2D eigenvalue weighted by Crippen LogP contribution is -2.42. The van der Waals surface area contributed by atoms with Crippen LogP contribution in [0.5, 0.6) is 5.75 Å². The Labute approximate surface area is 124 Å². The number of piperidine rings is 1. The van der Waals surface area contributed by atoms with E-state index in [0.717, 1.165) is 0 Å². The highest BCUT2D eigenvalue weighted by Crippen LogP contribution is 2.26. The van der Waals surface area contributed by atoms with Gasteiger partial charge in [-0.1, -0.05) is 6.07 Å². The van der Waals surface area contributed by atoms with Crippen molar-refractivity contribution < 1.29 is 22.7 Å². The Morgan fingerprint density at radius 3 is 2.76 bits per heavy atom. The van der Waals surface area contributed by atoms with Crippen molar-refractivity contribution in [1.29, 1.82) is 0 Å². The molecule has 0 N–H and O–H groups in total. The number of ether oxygens (including phenoxy) is 2. The number of methoxy groups -OCH3 is 2. The van der Waals surface area contributed by atoms with E-state index in [4.69, 9.17) is 9.47 Å². The monoisotopic (exact) mass is 313 g/mol. The first kappa shape index (κ1) is 15.8. The summed E-state index contributed by atoms with van der Waals surface area (Å²) in [6, 6.07) is 6.33. The second-order valence-electron chi connectivity index (χ2n) is 4.90. The maximum Gasteiger partial charge on any atom is 0.309 e. The number of carbonyl (C=O) groups is 1. The smallest absolute Gasteiger partial charge is 0.309 e. The first-order valence-electron chi connectivity index (χ1n) is 6.71. The van der Waals surface area contributed by atoms with Gasteiger partial charge in [0.05, 0.1) is 25.0 Å². The summed E-state index contributed by atoms with van der Waals surface area (Å²) in [5.41, 5.74) is 0. The third-order valence-corrected chi connectivity index (χ3v) is 5.46. The van der Waals surface area contributed by atoms with E-state index in [-0.39, 0.29) is 17.4 Å². The van der Waals surface area contributed by atoms with E-state index in [2.05, 4.69) is 0 Å². The van der Waals surface area contributed by atoms with Crippen LogP contribution in [0.4, 0.5) is 0 Å². The average molecular weight is 313 g/mol. The van der Waals surface area contributed by atoms with Crippen LogP contribution in [0.15, 0.2) is 29.2 Å². The molecule has 2 rings (SSSR count). The first-order valence-corrected chi connectivity index (χ1v) is 8.15. The molecule has 0 saturated carbocycles. The molecule has 116 valence electrons. The molecule has 0 radical (unpaired) electrons. The summed E-state index contributed by atoms with van der Waals surface area (Å²) in [5, 5.41) is 0. The van der Waals surface area contributed by atoms with E-state index >= 15 is 0 Å². The SMILES string of the molecule is COC(=O)[C@H]1CCCN(S(=O)(=O)c2cccc(OC)c2)C1. The van der Waals surface area contributed by atoms with E-state index in [1.165, 1.54) is 30.7 Å². The van der Waals surface area contributed by atoms with Gasteiger partial charge in [-0.25, -0.2) is 8.42 Å². The van der Waals surface area contributed by atoms with Gasteiger partial charge in [-0.3, -0.25) is 4.79 Å². The normalized spacial score (nSPS) is 20.0. The maximum atomic E-state index is 12.6. The quantitative estimate of drug-likeness (QED) is 0.783. The van der Waals surface area contributed by atoms with Crippen molar-refractivity contribution in [3.63, 3.8) is 0 Å². The number of carbonyl (C=O) groups excluding carboxylic acids is 1. The molecule has 0 unspecified atom stereocenters. The zero-order valence-corrected chi connectivity index (χ0v) is 12.9. The van der Waals surface area contributed by atoms with Gasteiger partial charge in [0, 0.05) is 19.2 Å². The molecular weight excluding hydrogens is 294 g/mol. The highest BCUT2D eigenvalue weighted by molar-refractivity contribution is 7.89. The van der Waals surface area contributed by atoms with Gasteiger partial charge in [0.2, 0.25) is 10.0 Å². The van der Waals surface area contributed by atoms with Gasteiger partial charge < -0.3 is 9.47 Å². The number of benzene rings is 1. The van der Waals surface area contributed by atoms with Gasteiger partial charge in [0.1, 0.15) is 5.75 Å². The van der Waals surface area contributed by atoms with Crippen molar-refractivity contribution in [3.8, 4) is 5.75 Å². The fourth-order valence-electron chi connectivity index (χ4n) is 2.43. The number of rotatable bonds is 4. The first-order chi connectivity index (χ1) is 9.98. The Balaban J connectivity index is 2.24. The molecule has 1 heterocycles. The van der Waals surface area contributed by atoms with Gasteiger partial charge in [-0.15, -0.1) is 0 Å². The minimum atomic E-state index is -3.62. The van der Waals surface area contributed by atoms with Gasteiger partial charge in [0.15, 0.2) is 0 Å². The van der Waals surface area contributed by atoms with Crippen molar-refractivity contribution >= 4 is 16.0 Å². The van der Waals surface area contributed by atoms with Crippen LogP contribution in [0.3, 0.4) is 0 Å². The summed E-state index contributed by atoms with van der Waals surface area (Å²) in [6.07, 6.45) is 1.29. The van der Waals surface area contributed by atoms with Crippen molar-refractivity contribution in [2.45, 2.75) is 17.7 Å². The van der Waals surface area contributed by atoms with Gasteiger partial charge in [-0.05, 0) is 25.0 Å². The van der Waals surface area contributed by atoms with E-state index in [0.29, 0.717) is 25.1 Å². The summed E-state index contributed by atoms with van der Waals surface area (Å²) >= 11 is 0. The number of nitrogens with zero attached hydrogens (tertiary/aromatic N) is 1. The Kier molecular flexibility index (Phi) is 4.84. The van der Waals surface area contributed by atoms with E-state index in [1.807, 2.05) is 0 Å². The largest absolute Gasteiger partial charge is 0.497 e. The minimum Gasteiger partial charge on any atom is -0.497 e. The number of hydrogen-bond donors (Lipinski definition) is 0. The molecule has 0 spiro atoms. The van der Waals surface area contributed by atoms with Crippen LogP contribution in [0.25, 0.3) is 0 Å². The molecule has 1 fully saturated rings. The standard InChI is InChI=1S/C14H19NO5S/c1-19-12-6-3-7-13(9-12)21(17,18)15-8-4-5-11(10-15)14(16)20-2/h3,6-7,9,11H,4-5,8,10H2,1-2H3/t11-/m0/s1. The zero-order chi connectivity index (χ0) is 15.5. The van der Waals surface area contributed by atoms with Crippen LogP contribution in [-0.2, 0) is 19.6 Å². The second kappa shape index (κ2) is 6.44. The Morgan fingerprint density at radius 1 is 1.33 bits per heavy atom. The van der Waals surface area contributed by atoms with Crippen LogP contribution in [0, 0.1) is 5.92 Å². The molecular formula is C14H19NO5S. The van der Waals surface area contributed by atoms with Crippen molar-refractivity contribution in [1.82, 2.24) is 4.31 Å². The molecule has 6 nitrogen and oxygen atoms in total. The van der Waals surface area contributed by atoms with E-state index in [9.17, 15) is 13.2 Å². The van der Waals surface area contributed by atoms with Crippen LogP contribution < -0.4 is 4.74 Å². The lowest BCUT2D eigenvalue weighted by atomic mass is 10.0. The highest BCUT2D eigenvalue weighted by atomic mass is 32.2. The number of esters is 1. The molecule has 7 heteroatoms. The van der Waals surface area contributed by atoms with Crippen molar-refractivity contribution in [2.24, 2.45) is 5.92 Å². The topological polar surface area (TPSA) is 72.9 Å². The molecule has 0 amide bonds. The maximum absolute atomic E-state index is 12.6. The summed E-state index contributed by atoms with van der Waals surface area (Å²) in [6.45, 7) is 0.569. The lowest BCUT2D eigenvalue weighted by molar-refractivity contribution is -0.146. The Bertz CT molecular complexity index is 614. The average Bonchev–Trinajstić information content (AvgIpc) is 2.54. The third kappa shape index (κ3) is 3.36. The van der Waals surface area contributed by atoms with Crippen LogP contribution in [-0.4, -0.2) is 46.0 Å². The van der Waals surface area contributed by atoms with Crippen LogP contribution in [0.1, 0.15) is 12.8 Å². The fourth-order valence-corrected chi connectivity index (χ4v) is 3.99. The molecule has 1 aliphatic rings. The van der Waals surface area contributed by atoms with E-state index in [1.54, 1.807) is 12.1 Å². The molecule has 1 aromatic rings. The predicted octanol–water partition coefficient (Wildman–Crippen LogP) is 1.27. The molecule has 1 aromatic carbocycles. The van der Waals surface area contributed by atoms with Gasteiger partial charge in [-0.2, -0.15) is 4.31 Å².